The Balaban J connectivity index is 2.60. The normalized spacial score (nSPS) is 9.87. The van der Waals surface area contributed by atoms with Gasteiger partial charge in [0.2, 0.25) is 0 Å². The first-order chi connectivity index (χ1) is 7.22. The summed E-state index contributed by atoms with van der Waals surface area (Å²) in [5.41, 5.74) is 6.87. The van der Waals surface area contributed by atoms with E-state index in [0.717, 1.165) is 10.2 Å². The minimum Gasteiger partial charge on any atom is -0.384 e. The highest BCUT2D eigenvalue weighted by molar-refractivity contribution is 9.10. The summed E-state index contributed by atoms with van der Waals surface area (Å²) in [6.45, 7) is 0. The van der Waals surface area contributed by atoms with Crippen molar-refractivity contribution in [1.82, 2.24) is 9.78 Å². The summed E-state index contributed by atoms with van der Waals surface area (Å²) in [6.07, 6.45) is 0. The van der Waals surface area contributed by atoms with Gasteiger partial charge in [-0.2, -0.15) is 10.4 Å². The lowest BCUT2D eigenvalue weighted by molar-refractivity contribution is 0.879. The number of nitriles is 1. The van der Waals surface area contributed by atoms with E-state index in [0.29, 0.717) is 11.5 Å². The van der Waals surface area contributed by atoms with Gasteiger partial charge in [0.05, 0.1) is 5.69 Å². The maximum absolute atomic E-state index is 8.70. The van der Waals surface area contributed by atoms with Gasteiger partial charge in [-0.05, 0) is 28.1 Å². The minimum atomic E-state index is 0.309. The summed E-state index contributed by atoms with van der Waals surface area (Å²) in [5.74, 6) is 0.443. The summed E-state index contributed by atoms with van der Waals surface area (Å²) >= 11 is 3.40. The molecule has 2 aromatic rings. The Morgan fingerprint density at radius 3 is 2.73 bits per heavy atom. The fraction of sp³-hybridized carbons (Fsp3) is 0. The molecule has 0 aliphatic rings. The highest BCUT2D eigenvalue weighted by Crippen LogP contribution is 2.22. The molecule has 0 fully saturated rings. The Hall–Kier alpha value is -1.80. The van der Waals surface area contributed by atoms with Crippen molar-refractivity contribution in [2.45, 2.75) is 0 Å². The monoisotopic (exact) mass is 262 g/mol. The molecule has 5 heteroatoms. The molecule has 0 radical (unpaired) electrons. The van der Waals surface area contributed by atoms with Gasteiger partial charge in [-0.15, -0.1) is 0 Å². The maximum Gasteiger partial charge on any atom is 0.165 e. The van der Waals surface area contributed by atoms with Gasteiger partial charge >= 0.3 is 0 Å². The third kappa shape index (κ3) is 1.72. The summed E-state index contributed by atoms with van der Waals surface area (Å²) in [6, 6.07) is 11.0. The van der Waals surface area contributed by atoms with E-state index in [1.807, 2.05) is 30.3 Å². The fourth-order valence-corrected chi connectivity index (χ4v) is 1.72. The number of benzene rings is 1. The van der Waals surface area contributed by atoms with E-state index in [-0.39, 0.29) is 0 Å². The number of rotatable bonds is 1. The Bertz CT molecular complexity index is 539. The molecule has 0 atom stereocenters. The molecular weight excluding hydrogens is 256 g/mol. The van der Waals surface area contributed by atoms with E-state index < -0.39 is 0 Å². The lowest BCUT2D eigenvalue weighted by Gasteiger charge is -2.05. The first kappa shape index (κ1) is 9.74. The maximum atomic E-state index is 8.70. The van der Waals surface area contributed by atoms with Crippen LogP contribution < -0.4 is 5.73 Å². The molecule has 1 aromatic carbocycles. The minimum absolute atomic E-state index is 0.309. The van der Waals surface area contributed by atoms with Crippen LogP contribution in [0.15, 0.2) is 34.8 Å². The van der Waals surface area contributed by atoms with Crippen LogP contribution in [-0.2, 0) is 0 Å². The van der Waals surface area contributed by atoms with Gasteiger partial charge in [0, 0.05) is 10.5 Å². The summed E-state index contributed by atoms with van der Waals surface area (Å²) in [4.78, 5) is 0. The zero-order chi connectivity index (χ0) is 10.8. The summed E-state index contributed by atoms with van der Waals surface area (Å²) in [5, 5.41) is 12.8. The third-order valence-electron chi connectivity index (χ3n) is 1.93. The molecule has 0 aliphatic heterocycles. The van der Waals surface area contributed by atoms with Crippen LogP contribution in [0.2, 0.25) is 0 Å². The number of nitrogens with zero attached hydrogens (tertiary/aromatic N) is 3. The number of hydrogen-bond acceptors (Lipinski definition) is 3. The zero-order valence-electron chi connectivity index (χ0n) is 7.68. The second kappa shape index (κ2) is 3.75. The third-order valence-corrected chi connectivity index (χ3v) is 2.60. The van der Waals surface area contributed by atoms with Gasteiger partial charge in [-0.25, -0.2) is 4.68 Å². The molecule has 2 rings (SSSR count). The molecular formula is C10H7BrN4. The molecule has 74 valence electrons. The number of anilines is 1. The number of halogens is 1. The molecule has 0 amide bonds. The van der Waals surface area contributed by atoms with Crippen molar-refractivity contribution in [3.8, 4) is 11.8 Å². The quantitative estimate of drug-likeness (QED) is 0.856. The first-order valence-corrected chi connectivity index (χ1v) is 5.02. The van der Waals surface area contributed by atoms with Gasteiger partial charge < -0.3 is 5.73 Å². The number of para-hydroxylation sites is 1. The SMILES string of the molecule is N#Cc1cc(N)n(-c2ccccc2Br)n1. The van der Waals surface area contributed by atoms with Crippen molar-refractivity contribution >= 4 is 21.7 Å². The average Bonchev–Trinajstić information content (AvgIpc) is 2.60. The van der Waals surface area contributed by atoms with Crippen LogP contribution in [0, 0.1) is 11.3 Å². The van der Waals surface area contributed by atoms with Gasteiger partial charge in [-0.1, -0.05) is 12.1 Å². The van der Waals surface area contributed by atoms with Crippen LogP contribution in [0.3, 0.4) is 0 Å². The van der Waals surface area contributed by atoms with E-state index in [1.165, 1.54) is 4.68 Å². The van der Waals surface area contributed by atoms with Gasteiger partial charge in [0.15, 0.2) is 5.69 Å². The van der Waals surface area contributed by atoms with Crippen molar-refractivity contribution in [2.24, 2.45) is 0 Å². The van der Waals surface area contributed by atoms with E-state index in [2.05, 4.69) is 21.0 Å². The van der Waals surface area contributed by atoms with Crippen LogP contribution in [0.4, 0.5) is 5.82 Å². The Morgan fingerprint density at radius 1 is 1.40 bits per heavy atom. The summed E-state index contributed by atoms with van der Waals surface area (Å²) < 4.78 is 2.41. The topological polar surface area (TPSA) is 67.6 Å². The predicted molar refractivity (Wildman–Crippen MR) is 60.4 cm³/mol. The number of aromatic nitrogens is 2. The smallest absolute Gasteiger partial charge is 0.165 e. The molecule has 1 aromatic heterocycles. The second-order valence-corrected chi connectivity index (χ2v) is 3.78. The molecule has 0 saturated carbocycles. The van der Waals surface area contributed by atoms with Gasteiger partial charge in [0.1, 0.15) is 11.9 Å². The number of nitrogen functional groups attached to an aromatic ring is 1. The molecule has 0 spiro atoms. The number of hydrogen-bond donors (Lipinski definition) is 1. The largest absolute Gasteiger partial charge is 0.384 e. The fourth-order valence-electron chi connectivity index (χ4n) is 1.27. The van der Waals surface area contributed by atoms with E-state index in [4.69, 9.17) is 11.0 Å². The number of nitrogens with two attached hydrogens (primary N) is 1. The summed E-state index contributed by atoms with van der Waals surface area (Å²) in [7, 11) is 0. The Morgan fingerprint density at radius 2 is 2.13 bits per heavy atom. The molecule has 1 heterocycles. The Kier molecular flexibility index (Phi) is 2.44. The molecule has 0 unspecified atom stereocenters. The molecule has 0 aliphatic carbocycles. The standard InChI is InChI=1S/C10H7BrN4/c11-8-3-1-2-4-9(8)15-10(13)5-7(6-12)14-15/h1-5H,13H2. The van der Waals surface area contributed by atoms with Gasteiger partial charge in [-0.3, -0.25) is 0 Å². The highest BCUT2D eigenvalue weighted by Gasteiger charge is 2.08. The van der Waals surface area contributed by atoms with Crippen molar-refractivity contribution in [1.29, 1.82) is 5.26 Å². The molecule has 2 N–H and O–H groups in total. The lowest BCUT2D eigenvalue weighted by atomic mass is 10.3. The van der Waals surface area contributed by atoms with Crippen molar-refractivity contribution in [2.75, 3.05) is 5.73 Å². The second-order valence-electron chi connectivity index (χ2n) is 2.93. The van der Waals surface area contributed by atoms with Crippen LogP contribution in [0.5, 0.6) is 0 Å². The van der Waals surface area contributed by atoms with Crippen LogP contribution in [0.25, 0.3) is 5.69 Å². The first-order valence-electron chi connectivity index (χ1n) is 4.23. The molecule has 0 saturated heterocycles. The molecule has 0 bridgehead atoms. The van der Waals surface area contributed by atoms with Crippen molar-refractivity contribution in [3.05, 3.63) is 40.5 Å². The van der Waals surface area contributed by atoms with Gasteiger partial charge in [0.25, 0.3) is 0 Å². The van der Waals surface area contributed by atoms with Crippen LogP contribution in [0.1, 0.15) is 5.69 Å². The predicted octanol–water partition coefficient (Wildman–Crippen LogP) is 2.09. The Labute approximate surface area is 95.1 Å². The average molecular weight is 263 g/mol. The van der Waals surface area contributed by atoms with Crippen molar-refractivity contribution in [3.63, 3.8) is 0 Å². The van der Waals surface area contributed by atoms with Crippen LogP contribution in [-0.4, -0.2) is 9.78 Å². The van der Waals surface area contributed by atoms with Crippen molar-refractivity contribution < 1.29 is 0 Å². The van der Waals surface area contributed by atoms with E-state index >= 15 is 0 Å². The van der Waals surface area contributed by atoms with E-state index in [1.54, 1.807) is 6.07 Å². The lowest BCUT2D eigenvalue weighted by Crippen LogP contribution is -2.02. The molecule has 15 heavy (non-hydrogen) atoms. The molecule has 4 nitrogen and oxygen atoms in total. The highest BCUT2D eigenvalue weighted by atomic mass is 79.9. The zero-order valence-corrected chi connectivity index (χ0v) is 9.27. The van der Waals surface area contributed by atoms with Crippen LogP contribution >= 0.6 is 15.9 Å². The van der Waals surface area contributed by atoms with E-state index in [9.17, 15) is 0 Å².